The van der Waals surface area contributed by atoms with Crippen LogP contribution in [0.15, 0.2) is 48.8 Å². The summed E-state index contributed by atoms with van der Waals surface area (Å²) in [6, 6.07) is 11.8. The smallest absolute Gasteiger partial charge is 0.253 e. The van der Waals surface area contributed by atoms with E-state index in [2.05, 4.69) is 27.3 Å². The van der Waals surface area contributed by atoms with E-state index in [4.69, 9.17) is 0 Å². The fourth-order valence-corrected chi connectivity index (χ4v) is 1.91. The van der Waals surface area contributed by atoms with Gasteiger partial charge in [0, 0.05) is 25.5 Å². The summed E-state index contributed by atoms with van der Waals surface area (Å²) in [7, 11) is 4.09. The van der Waals surface area contributed by atoms with Gasteiger partial charge in [0.1, 0.15) is 0 Å². The Balaban J connectivity index is 1.89. The summed E-state index contributed by atoms with van der Waals surface area (Å²) >= 11 is 0. The second kappa shape index (κ2) is 6.82. The molecule has 0 aliphatic carbocycles. The summed E-state index contributed by atoms with van der Waals surface area (Å²) in [6.07, 6.45) is 3.22. The van der Waals surface area contributed by atoms with Crippen molar-refractivity contribution < 1.29 is 4.79 Å². The number of nitrogens with one attached hydrogen (secondary N) is 1. The fourth-order valence-electron chi connectivity index (χ4n) is 1.91. The third-order valence-electron chi connectivity index (χ3n) is 2.90. The first-order valence-corrected chi connectivity index (χ1v) is 6.56. The molecule has 0 radical (unpaired) electrons. The van der Waals surface area contributed by atoms with Crippen LogP contribution in [0.5, 0.6) is 0 Å². The highest BCUT2D eigenvalue weighted by Crippen LogP contribution is 2.06. The van der Waals surface area contributed by atoms with Crippen molar-refractivity contribution in [3.8, 4) is 0 Å². The zero-order valence-electron chi connectivity index (χ0n) is 11.8. The van der Waals surface area contributed by atoms with Crippen LogP contribution in [0, 0.1) is 0 Å². The van der Waals surface area contributed by atoms with E-state index in [1.54, 1.807) is 24.5 Å². The molecule has 0 aliphatic rings. The number of nitrogens with zero attached hydrogens (tertiary/aromatic N) is 2. The van der Waals surface area contributed by atoms with Crippen molar-refractivity contribution in [3.63, 3.8) is 0 Å². The second-order valence-electron chi connectivity index (χ2n) is 4.98. The minimum absolute atomic E-state index is 0.101. The van der Waals surface area contributed by atoms with E-state index < -0.39 is 0 Å². The quantitative estimate of drug-likeness (QED) is 0.904. The molecule has 0 saturated heterocycles. The highest BCUT2D eigenvalue weighted by atomic mass is 16.1. The summed E-state index contributed by atoms with van der Waals surface area (Å²) < 4.78 is 0. The number of rotatable bonds is 5. The monoisotopic (exact) mass is 269 g/mol. The Kier molecular flexibility index (Phi) is 4.85. The maximum absolute atomic E-state index is 11.9. The van der Waals surface area contributed by atoms with Gasteiger partial charge in [-0.3, -0.25) is 9.78 Å². The van der Waals surface area contributed by atoms with E-state index in [1.165, 1.54) is 5.56 Å². The first-order chi connectivity index (χ1) is 9.65. The van der Waals surface area contributed by atoms with Gasteiger partial charge in [0.15, 0.2) is 0 Å². The average Bonchev–Trinajstić information content (AvgIpc) is 2.46. The van der Waals surface area contributed by atoms with Crippen LogP contribution in [0.1, 0.15) is 21.5 Å². The van der Waals surface area contributed by atoms with E-state index in [9.17, 15) is 4.79 Å². The molecule has 20 heavy (non-hydrogen) atoms. The molecule has 4 nitrogen and oxygen atoms in total. The van der Waals surface area contributed by atoms with E-state index in [1.807, 2.05) is 26.2 Å². The molecule has 1 amide bonds. The molecular formula is C16H19N3O. The highest BCUT2D eigenvalue weighted by molar-refractivity contribution is 5.93. The molecule has 2 rings (SSSR count). The van der Waals surface area contributed by atoms with Crippen LogP contribution in [-0.4, -0.2) is 29.9 Å². The number of hydrogen-bond donors (Lipinski definition) is 1. The number of pyridine rings is 1. The summed E-state index contributed by atoms with van der Waals surface area (Å²) in [5.41, 5.74) is 2.93. The summed E-state index contributed by atoms with van der Waals surface area (Å²) in [4.78, 5) is 17.9. The average molecular weight is 269 g/mol. The predicted molar refractivity (Wildman–Crippen MR) is 79.2 cm³/mol. The fraction of sp³-hybridized carbons (Fsp3) is 0.250. The Morgan fingerprint density at radius 3 is 2.45 bits per heavy atom. The Hall–Kier alpha value is -2.20. The number of benzene rings is 1. The van der Waals surface area contributed by atoms with E-state index in [0.29, 0.717) is 12.1 Å². The van der Waals surface area contributed by atoms with Crippen molar-refractivity contribution in [3.05, 3.63) is 65.5 Å². The lowest BCUT2D eigenvalue weighted by Gasteiger charge is -2.10. The molecule has 1 heterocycles. The lowest BCUT2D eigenvalue weighted by molar-refractivity contribution is 0.0950. The lowest BCUT2D eigenvalue weighted by Crippen LogP contribution is -2.22. The Morgan fingerprint density at radius 2 is 1.85 bits per heavy atom. The molecule has 1 aromatic carbocycles. The van der Waals surface area contributed by atoms with Crippen molar-refractivity contribution >= 4 is 5.91 Å². The summed E-state index contributed by atoms with van der Waals surface area (Å²) in [5, 5.41) is 2.89. The predicted octanol–water partition coefficient (Wildman–Crippen LogP) is 2.07. The SMILES string of the molecule is CN(C)Cc1ccc(CNC(=O)c2cccnc2)cc1. The van der Waals surface area contributed by atoms with Crippen LogP contribution >= 0.6 is 0 Å². The highest BCUT2D eigenvalue weighted by Gasteiger charge is 2.04. The van der Waals surface area contributed by atoms with Crippen molar-refractivity contribution in [2.24, 2.45) is 0 Å². The van der Waals surface area contributed by atoms with Gasteiger partial charge in [0.2, 0.25) is 0 Å². The standard InChI is InChI=1S/C16H19N3O/c1-19(2)12-14-7-5-13(6-8-14)10-18-16(20)15-4-3-9-17-11-15/h3-9,11H,10,12H2,1-2H3,(H,18,20). The Labute approximate surface area is 119 Å². The van der Waals surface area contributed by atoms with Crippen LogP contribution in [0.4, 0.5) is 0 Å². The maximum Gasteiger partial charge on any atom is 0.253 e. The maximum atomic E-state index is 11.9. The molecule has 0 unspecified atom stereocenters. The molecule has 0 spiro atoms. The molecule has 104 valence electrons. The van der Waals surface area contributed by atoms with E-state index in [-0.39, 0.29) is 5.91 Å². The summed E-state index contributed by atoms with van der Waals surface area (Å²) in [6.45, 7) is 1.44. The first-order valence-electron chi connectivity index (χ1n) is 6.56. The van der Waals surface area contributed by atoms with Gasteiger partial charge in [-0.15, -0.1) is 0 Å². The number of carbonyl (C=O) groups is 1. The first kappa shape index (κ1) is 14.2. The van der Waals surface area contributed by atoms with Crippen LogP contribution < -0.4 is 5.32 Å². The molecule has 1 N–H and O–H groups in total. The van der Waals surface area contributed by atoms with Gasteiger partial charge < -0.3 is 10.2 Å². The van der Waals surface area contributed by atoms with Gasteiger partial charge in [-0.05, 0) is 37.4 Å². The number of hydrogen-bond acceptors (Lipinski definition) is 3. The van der Waals surface area contributed by atoms with Crippen LogP contribution in [-0.2, 0) is 13.1 Å². The second-order valence-corrected chi connectivity index (χ2v) is 4.98. The largest absolute Gasteiger partial charge is 0.348 e. The van der Waals surface area contributed by atoms with Crippen LogP contribution in [0.25, 0.3) is 0 Å². The third kappa shape index (κ3) is 4.17. The minimum atomic E-state index is -0.101. The zero-order chi connectivity index (χ0) is 14.4. The number of aromatic nitrogens is 1. The molecule has 0 atom stereocenters. The number of amides is 1. The molecule has 2 aromatic rings. The third-order valence-corrected chi connectivity index (χ3v) is 2.90. The number of carbonyl (C=O) groups excluding carboxylic acids is 1. The van der Waals surface area contributed by atoms with Crippen molar-refractivity contribution in [1.82, 2.24) is 15.2 Å². The van der Waals surface area contributed by atoms with Crippen molar-refractivity contribution in [2.45, 2.75) is 13.1 Å². The van der Waals surface area contributed by atoms with Crippen molar-refractivity contribution in [2.75, 3.05) is 14.1 Å². The lowest BCUT2D eigenvalue weighted by atomic mass is 10.1. The molecule has 1 aromatic heterocycles. The van der Waals surface area contributed by atoms with E-state index >= 15 is 0 Å². The van der Waals surface area contributed by atoms with E-state index in [0.717, 1.165) is 12.1 Å². The molecule has 0 saturated carbocycles. The van der Waals surface area contributed by atoms with Gasteiger partial charge in [0.25, 0.3) is 5.91 Å². The topological polar surface area (TPSA) is 45.2 Å². The normalized spacial score (nSPS) is 10.6. The molecule has 0 fully saturated rings. The van der Waals surface area contributed by atoms with Gasteiger partial charge >= 0.3 is 0 Å². The molecular weight excluding hydrogens is 250 g/mol. The van der Waals surface area contributed by atoms with Crippen LogP contribution in [0.2, 0.25) is 0 Å². The molecule has 0 aliphatic heterocycles. The van der Waals surface area contributed by atoms with Crippen LogP contribution in [0.3, 0.4) is 0 Å². The van der Waals surface area contributed by atoms with Gasteiger partial charge in [-0.2, -0.15) is 0 Å². The zero-order valence-corrected chi connectivity index (χ0v) is 11.8. The van der Waals surface area contributed by atoms with Crippen molar-refractivity contribution in [1.29, 1.82) is 0 Å². The molecule has 4 heteroatoms. The van der Waals surface area contributed by atoms with Gasteiger partial charge in [-0.1, -0.05) is 24.3 Å². The Bertz CT molecular complexity index is 550. The summed E-state index contributed by atoms with van der Waals surface area (Å²) in [5.74, 6) is -0.101. The van der Waals surface area contributed by atoms with Gasteiger partial charge in [-0.25, -0.2) is 0 Å². The van der Waals surface area contributed by atoms with Gasteiger partial charge in [0.05, 0.1) is 5.56 Å². The molecule has 0 bridgehead atoms. The minimum Gasteiger partial charge on any atom is -0.348 e. The Morgan fingerprint density at radius 1 is 1.15 bits per heavy atom.